The quantitative estimate of drug-likeness (QED) is 0.770. The van der Waals surface area contributed by atoms with Crippen LogP contribution in [0.1, 0.15) is 11.3 Å². The van der Waals surface area contributed by atoms with Crippen molar-refractivity contribution in [3.05, 3.63) is 41.9 Å². The summed E-state index contributed by atoms with van der Waals surface area (Å²) in [6.07, 6.45) is 1.69. The second-order valence-electron chi connectivity index (χ2n) is 5.01. The Bertz CT molecular complexity index is 787. The molecule has 0 aliphatic heterocycles. The lowest BCUT2D eigenvalue weighted by atomic mass is 9.99. The van der Waals surface area contributed by atoms with Crippen molar-refractivity contribution in [1.82, 2.24) is 10.2 Å². The zero-order chi connectivity index (χ0) is 15.0. The van der Waals surface area contributed by atoms with E-state index in [4.69, 9.17) is 14.9 Å². The fourth-order valence-corrected chi connectivity index (χ4v) is 2.43. The molecule has 108 valence electrons. The van der Waals surface area contributed by atoms with Crippen molar-refractivity contribution < 1.29 is 9.15 Å². The molecule has 0 aliphatic carbocycles. The summed E-state index contributed by atoms with van der Waals surface area (Å²) >= 11 is 0. The van der Waals surface area contributed by atoms with Crippen molar-refractivity contribution in [3.8, 4) is 28.1 Å². The van der Waals surface area contributed by atoms with Gasteiger partial charge < -0.3 is 14.9 Å². The van der Waals surface area contributed by atoms with Gasteiger partial charge >= 0.3 is 0 Å². The lowest BCUT2D eigenvalue weighted by Crippen LogP contribution is -1.93. The molecule has 0 fully saturated rings. The van der Waals surface area contributed by atoms with Gasteiger partial charge in [0.05, 0.1) is 18.4 Å². The molecule has 0 atom stereocenters. The normalized spacial score (nSPS) is 10.8. The largest absolute Gasteiger partial charge is 0.496 e. The number of anilines is 1. The summed E-state index contributed by atoms with van der Waals surface area (Å²) in [5.41, 5.74) is 10.7. The Hall–Kier alpha value is -2.69. The Labute approximate surface area is 122 Å². The summed E-state index contributed by atoms with van der Waals surface area (Å²) in [5, 5.41) is 7.12. The average Bonchev–Trinajstić information content (AvgIpc) is 3.04. The minimum absolute atomic E-state index is 0.438. The Morgan fingerprint density at radius 1 is 1.24 bits per heavy atom. The SMILES string of the molecule is COc1ccc(C)cc1-c1c(N)n[nH]c1-c1coc(C)c1. The molecule has 0 radical (unpaired) electrons. The standard InChI is InChI=1S/C16H17N3O2/c1-9-4-5-13(20-3)12(6-9)14-15(18-19-16(14)17)11-7-10(2)21-8-11/h4-8H,1-3H3,(H3,17,18,19). The number of H-pyrrole nitrogens is 1. The van der Waals surface area contributed by atoms with E-state index in [1.54, 1.807) is 13.4 Å². The van der Waals surface area contributed by atoms with Crippen LogP contribution in [0, 0.1) is 13.8 Å². The van der Waals surface area contributed by atoms with Gasteiger partial charge in [0.25, 0.3) is 0 Å². The number of aryl methyl sites for hydroxylation is 2. The molecule has 5 nitrogen and oxygen atoms in total. The van der Waals surface area contributed by atoms with Gasteiger partial charge in [0.2, 0.25) is 0 Å². The number of nitrogen functional groups attached to an aromatic ring is 1. The maximum Gasteiger partial charge on any atom is 0.153 e. The lowest BCUT2D eigenvalue weighted by molar-refractivity contribution is 0.416. The molecule has 0 amide bonds. The van der Waals surface area contributed by atoms with Crippen LogP contribution >= 0.6 is 0 Å². The third kappa shape index (κ3) is 2.27. The Morgan fingerprint density at radius 3 is 2.71 bits per heavy atom. The minimum Gasteiger partial charge on any atom is -0.496 e. The summed E-state index contributed by atoms with van der Waals surface area (Å²) in [6, 6.07) is 7.91. The van der Waals surface area contributed by atoms with Gasteiger partial charge in [-0.3, -0.25) is 5.10 Å². The number of aromatic amines is 1. The molecule has 0 saturated heterocycles. The molecular formula is C16H17N3O2. The number of aromatic nitrogens is 2. The second-order valence-corrected chi connectivity index (χ2v) is 5.01. The zero-order valence-corrected chi connectivity index (χ0v) is 12.2. The molecule has 3 rings (SSSR count). The Morgan fingerprint density at radius 2 is 2.05 bits per heavy atom. The number of furan rings is 1. The number of nitrogens with one attached hydrogen (secondary N) is 1. The molecule has 2 heterocycles. The first-order valence-electron chi connectivity index (χ1n) is 6.64. The molecule has 1 aromatic carbocycles. The number of nitrogens with two attached hydrogens (primary N) is 1. The van der Waals surface area contributed by atoms with Crippen LogP contribution in [0.5, 0.6) is 5.75 Å². The first-order valence-corrected chi connectivity index (χ1v) is 6.64. The van der Waals surface area contributed by atoms with Crippen molar-refractivity contribution in [3.63, 3.8) is 0 Å². The molecule has 0 aliphatic rings. The highest BCUT2D eigenvalue weighted by Crippen LogP contribution is 2.40. The lowest BCUT2D eigenvalue weighted by Gasteiger charge is -2.10. The van der Waals surface area contributed by atoms with Gasteiger partial charge in [0.15, 0.2) is 5.82 Å². The molecule has 3 aromatic rings. The van der Waals surface area contributed by atoms with Crippen LogP contribution in [-0.2, 0) is 0 Å². The van der Waals surface area contributed by atoms with E-state index in [1.807, 2.05) is 38.1 Å². The first kappa shape index (κ1) is 13.3. The predicted molar refractivity (Wildman–Crippen MR) is 82.2 cm³/mol. The van der Waals surface area contributed by atoms with E-state index in [1.165, 1.54) is 0 Å². The number of benzene rings is 1. The van der Waals surface area contributed by atoms with Crippen LogP contribution in [0.3, 0.4) is 0 Å². The topological polar surface area (TPSA) is 77.1 Å². The van der Waals surface area contributed by atoms with Crippen LogP contribution in [0.15, 0.2) is 34.9 Å². The molecule has 2 aromatic heterocycles. The molecule has 5 heteroatoms. The van der Waals surface area contributed by atoms with E-state index in [0.717, 1.165) is 39.5 Å². The maximum absolute atomic E-state index is 6.06. The van der Waals surface area contributed by atoms with E-state index in [2.05, 4.69) is 10.2 Å². The zero-order valence-electron chi connectivity index (χ0n) is 12.2. The molecule has 0 saturated carbocycles. The molecule has 0 spiro atoms. The average molecular weight is 283 g/mol. The van der Waals surface area contributed by atoms with Gasteiger partial charge in [-0.1, -0.05) is 11.6 Å². The number of ether oxygens (including phenoxy) is 1. The summed E-state index contributed by atoms with van der Waals surface area (Å²) in [4.78, 5) is 0. The monoisotopic (exact) mass is 283 g/mol. The van der Waals surface area contributed by atoms with Gasteiger partial charge in [-0.2, -0.15) is 5.10 Å². The highest BCUT2D eigenvalue weighted by Gasteiger charge is 2.19. The van der Waals surface area contributed by atoms with E-state index in [0.29, 0.717) is 5.82 Å². The first-order chi connectivity index (χ1) is 10.1. The molecular weight excluding hydrogens is 266 g/mol. The number of nitrogens with zero attached hydrogens (tertiary/aromatic N) is 1. The molecule has 21 heavy (non-hydrogen) atoms. The van der Waals surface area contributed by atoms with E-state index < -0.39 is 0 Å². The molecule has 0 bridgehead atoms. The smallest absolute Gasteiger partial charge is 0.153 e. The minimum atomic E-state index is 0.438. The van der Waals surface area contributed by atoms with Crippen molar-refractivity contribution in [2.24, 2.45) is 0 Å². The number of methoxy groups -OCH3 is 1. The second kappa shape index (κ2) is 5.01. The predicted octanol–water partition coefficient (Wildman–Crippen LogP) is 3.54. The third-order valence-corrected chi connectivity index (χ3v) is 3.44. The molecule has 0 unspecified atom stereocenters. The number of hydrogen-bond donors (Lipinski definition) is 2. The van der Waals surface area contributed by atoms with E-state index in [9.17, 15) is 0 Å². The third-order valence-electron chi connectivity index (χ3n) is 3.44. The Kier molecular flexibility index (Phi) is 3.17. The number of rotatable bonds is 3. The van der Waals surface area contributed by atoms with Crippen LogP contribution in [0.4, 0.5) is 5.82 Å². The molecule has 3 N–H and O–H groups in total. The van der Waals surface area contributed by atoms with Crippen molar-refractivity contribution in [2.45, 2.75) is 13.8 Å². The van der Waals surface area contributed by atoms with E-state index >= 15 is 0 Å². The number of hydrogen-bond acceptors (Lipinski definition) is 4. The van der Waals surface area contributed by atoms with Crippen LogP contribution in [0.25, 0.3) is 22.4 Å². The van der Waals surface area contributed by atoms with Crippen molar-refractivity contribution in [2.75, 3.05) is 12.8 Å². The summed E-state index contributed by atoms with van der Waals surface area (Å²) in [7, 11) is 1.64. The van der Waals surface area contributed by atoms with E-state index in [-0.39, 0.29) is 0 Å². The van der Waals surface area contributed by atoms with Crippen LogP contribution in [0.2, 0.25) is 0 Å². The highest BCUT2D eigenvalue weighted by molar-refractivity contribution is 5.90. The maximum atomic E-state index is 6.06. The summed E-state index contributed by atoms with van der Waals surface area (Å²) in [6.45, 7) is 3.93. The van der Waals surface area contributed by atoms with Crippen molar-refractivity contribution in [1.29, 1.82) is 0 Å². The van der Waals surface area contributed by atoms with Gasteiger partial charge in [-0.05, 0) is 32.0 Å². The van der Waals surface area contributed by atoms with Crippen LogP contribution in [-0.4, -0.2) is 17.3 Å². The van der Waals surface area contributed by atoms with Crippen molar-refractivity contribution >= 4 is 5.82 Å². The highest BCUT2D eigenvalue weighted by atomic mass is 16.5. The van der Waals surface area contributed by atoms with Crippen LogP contribution < -0.4 is 10.5 Å². The fourth-order valence-electron chi connectivity index (χ4n) is 2.43. The van der Waals surface area contributed by atoms with Gasteiger partial charge in [0, 0.05) is 11.1 Å². The fraction of sp³-hybridized carbons (Fsp3) is 0.188. The summed E-state index contributed by atoms with van der Waals surface area (Å²) < 4.78 is 10.8. The van der Waals surface area contributed by atoms with Gasteiger partial charge in [-0.15, -0.1) is 0 Å². The summed E-state index contributed by atoms with van der Waals surface area (Å²) in [5.74, 6) is 2.03. The van der Waals surface area contributed by atoms with Gasteiger partial charge in [0.1, 0.15) is 17.8 Å². The Balaban J connectivity index is 2.24. The van der Waals surface area contributed by atoms with Gasteiger partial charge in [-0.25, -0.2) is 0 Å².